The summed E-state index contributed by atoms with van der Waals surface area (Å²) in [6, 6.07) is 26.1. The second-order valence-corrected chi connectivity index (χ2v) is 7.17. The predicted molar refractivity (Wildman–Crippen MR) is 115 cm³/mol. The predicted octanol–water partition coefficient (Wildman–Crippen LogP) is 4.91. The first kappa shape index (κ1) is 20.5. The lowest BCUT2D eigenvalue weighted by Gasteiger charge is -2.16. The minimum absolute atomic E-state index is 0.0267. The molecule has 0 aliphatic rings. The van der Waals surface area contributed by atoms with Crippen LogP contribution < -0.4 is 14.8 Å². The van der Waals surface area contributed by atoms with Gasteiger partial charge >= 0.3 is 0 Å². The van der Waals surface area contributed by atoms with E-state index in [2.05, 4.69) is 5.32 Å². The van der Waals surface area contributed by atoms with Crippen LogP contribution >= 0.6 is 0 Å². The quantitative estimate of drug-likeness (QED) is 0.566. The van der Waals surface area contributed by atoms with Gasteiger partial charge in [0.05, 0.1) is 0 Å². The molecule has 1 atom stereocenters. The highest BCUT2D eigenvalue weighted by atomic mass is 16.5. The number of rotatable bonds is 9. The molecule has 4 nitrogen and oxygen atoms in total. The van der Waals surface area contributed by atoms with E-state index in [4.69, 9.17) is 9.47 Å². The first-order chi connectivity index (χ1) is 14.1. The Labute approximate surface area is 172 Å². The van der Waals surface area contributed by atoms with Crippen LogP contribution in [0.2, 0.25) is 0 Å². The maximum absolute atomic E-state index is 11.3. The van der Waals surface area contributed by atoms with Crippen LogP contribution in [-0.2, 0) is 24.4 Å². The molecule has 0 aliphatic heterocycles. The molecular formula is C25H27NO3. The Morgan fingerprint density at radius 3 is 1.72 bits per heavy atom. The number of carbonyl (C=O) groups excluding carboxylic acids is 1. The van der Waals surface area contributed by atoms with E-state index in [-0.39, 0.29) is 11.9 Å². The fraction of sp³-hybridized carbons (Fsp3) is 0.240. The van der Waals surface area contributed by atoms with E-state index < -0.39 is 0 Å². The molecule has 3 aromatic carbocycles. The standard InChI is InChI=1S/C25H27NO3/c1-19(26-20(2)27)13-23-14-24(28-17-21-9-5-3-6-10-21)16-25(15-23)29-18-22-11-7-4-8-12-22/h3-12,14-16,19H,13,17-18H2,1-2H3,(H,26,27). The van der Waals surface area contributed by atoms with Crippen LogP contribution in [0, 0.1) is 0 Å². The van der Waals surface area contributed by atoms with Crippen molar-refractivity contribution in [1.29, 1.82) is 0 Å². The molecular weight excluding hydrogens is 362 g/mol. The zero-order valence-corrected chi connectivity index (χ0v) is 16.9. The van der Waals surface area contributed by atoms with Crippen LogP contribution in [0.5, 0.6) is 11.5 Å². The highest BCUT2D eigenvalue weighted by molar-refractivity contribution is 5.73. The third kappa shape index (κ3) is 7.00. The van der Waals surface area contributed by atoms with Crippen LogP contribution in [0.4, 0.5) is 0 Å². The largest absolute Gasteiger partial charge is 0.489 e. The molecule has 0 aromatic heterocycles. The third-order valence-corrected chi connectivity index (χ3v) is 4.43. The fourth-order valence-electron chi connectivity index (χ4n) is 3.15. The average molecular weight is 389 g/mol. The summed E-state index contributed by atoms with van der Waals surface area (Å²) in [5, 5.41) is 2.93. The van der Waals surface area contributed by atoms with Gasteiger partial charge in [0.25, 0.3) is 0 Å². The molecule has 1 amide bonds. The van der Waals surface area contributed by atoms with E-state index in [1.807, 2.05) is 85.8 Å². The van der Waals surface area contributed by atoms with Crippen molar-refractivity contribution in [2.75, 3.05) is 0 Å². The van der Waals surface area contributed by atoms with E-state index in [1.54, 1.807) is 0 Å². The number of hydrogen-bond acceptors (Lipinski definition) is 3. The normalized spacial score (nSPS) is 11.5. The van der Waals surface area contributed by atoms with Gasteiger partial charge in [-0.25, -0.2) is 0 Å². The summed E-state index contributed by atoms with van der Waals surface area (Å²) in [7, 11) is 0. The van der Waals surface area contributed by atoms with Gasteiger partial charge in [-0.2, -0.15) is 0 Å². The summed E-state index contributed by atoms with van der Waals surface area (Å²) < 4.78 is 12.0. The van der Waals surface area contributed by atoms with Crippen molar-refractivity contribution in [3.63, 3.8) is 0 Å². The molecule has 0 saturated heterocycles. The molecule has 0 spiro atoms. The highest BCUT2D eigenvalue weighted by Gasteiger charge is 2.09. The molecule has 3 rings (SSSR count). The van der Waals surface area contributed by atoms with E-state index >= 15 is 0 Å². The Balaban J connectivity index is 1.73. The second kappa shape index (κ2) is 10.3. The number of benzene rings is 3. The van der Waals surface area contributed by atoms with E-state index in [0.717, 1.165) is 28.2 Å². The summed E-state index contributed by atoms with van der Waals surface area (Å²) in [6.07, 6.45) is 0.698. The molecule has 1 N–H and O–H groups in total. The second-order valence-electron chi connectivity index (χ2n) is 7.17. The molecule has 29 heavy (non-hydrogen) atoms. The SMILES string of the molecule is CC(=O)NC(C)Cc1cc(OCc2ccccc2)cc(OCc2ccccc2)c1. The van der Waals surface area contributed by atoms with Crippen molar-refractivity contribution in [3.8, 4) is 11.5 Å². The van der Waals surface area contributed by atoms with Crippen molar-refractivity contribution in [3.05, 3.63) is 95.6 Å². The monoisotopic (exact) mass is 389 g/mol. The Morgan fingerprint density at radius 1 is 0.793 bits per heavy atom. The average Bonchev–Trinajstić information content (AvgIpc) is 2.71. The van der Waals surface area contributed by atoms with Gasteiger partial charge in [0, 0.05) is 19.0 Å². The molecule has 0 heterocycles. The third-order valence-electron chi connectivity index (χ3n) is 4.43. The number of nitrogens with one attached hydrogen (secondary N) is 1. The van der Waals surface area contributed by atoms with Crippen molar-refractivity contribution >= 4 is 5.91 Å². The van der Waals surface area contributed by atoms with Crippen LogP contribution in [0.3, 0.4) is 0 Å². The summed E-state index contributed by atoms with van der Waals surface area (Å²) in [4.78, 5) is 11.3. The zero-order valence-electron chi connectivity index (χ0n) is 16.9. The molecule has 0 bridgehead atoms. The lowest BCUT2D eigenvalue weighted by Crippen LogP contribution is -2.32. The van der Waals surface area contributed by atoms with Gasteiger partial charge in [0.15, 0.2) is 0 Å². The van der Waals surface area contributed by atoms with Gasteiger partial charge in [-0.05, 0) is 42.2 Å². The summed E-state index contributed by atoms with van der Waals surface area (Å²) in [6.45, 7) is 4.50. The van der Waals surface area contributed by atoms with E-state index in [9.17, 15) is 4.79 Å². The lowest BCUT2D eigenvalue weighted by molar-refractivity contribution is -0.119. The Hall–Kier alpha value is -3.27. The number of ether oxygens (including phenoxy) is 2. The molecule has 3 aromatic rings. The topological polar surface area (TPSA) is 47.6 Å². The number of amides is 1. The molecule has 1 unspecified atom stereocenters. The van der Waals surface area contributed by atoms with E-state index in [1.165, 1.54) is 6.92 Å². The lowest BCUT2D eigenvalue weighted by atomic mass is 10.1. The fourth-order valence-corrected chi connectivity index (χ4v) is 3.15. The smallest absolute Gasteiger partial charge is 0.217 e. The Kier molecular flexibility index (Phi) is 7.28. The molecule has 4 heteroatoms. The van der Waals surface area contributed by atoms with Crippen LogP contribution in [0.1, 0.15) is 30.5 Å². The van der Waals surface area contributed by atoms with Gasteiger partial charge in [-0.1, -0.05) is 60.7 Å². The maximum Gasteiger partial charge on any atom is 0.217 e. The maximum atomic E-state index is 11.3. The molecule has 150 valence electrons. The van der Waals surface area contributed by atoms with Gasteiger partial charge in [-0.3, -0.25) is 4.79 Å². The summed E-state index contributed by atoms with van der Waals surface area (Å²) >= 11 is 0. The van der Waals surface area contributed by atoms with Gasteiger partial charge in [0.2, 0.25) is 5.91 Å². The number of hydrogen-bond donors (Lipinski definition) is 1. The molecule has 0 fully saturated rings. The van der Waals surface area contributed by atoms with Crippen molar-refractivity contribution in [2.45, 2.75) is 39.5 Å². The highest BCUT2D eigenvalue weighted by Crippen LogP contribution is 2.25. The molecule has 0 radical (unpaired) electrons. The van der Waals surface area contributed by atoms with Gasteiger partial charge < -0.3 is 14.8 Å². The van der Waals surface area contributed by atoms with Crippen LogP contribution in [0.25, 0.3) is 0 Å². The van der Waals surface area contributed by atoms with Gasteiger partial charge in [-0.15, -0.1) is 0 Å². The van der Waals surface area contributed by atoms with Crippen molar-refractivity contribution < 1.29 is 14.3 Å². The zero-order chi connectivity index (χ0) is 20.5. The Bertz CT molecular complexity index is 848. The van der Waals surface area contributed by atoms with Crippen LogP contribution in [-0.4, -0.2) is 11.9 Å². The summed E-state index contributed by atoms with van der Waals surface area (Å²) in [5.74, 6) is 1.48. The first-order valence-electron chi connectivity index (χ1n) is 9.83. The number of carbonyl (C=O) groups is 1. The van der Waals surface area contributed by atoms with Crippen LogP contribution in [0.15, 0.2) is 78.9 Å². The van der Waals surface area contributed by atoms with Gasteiger partial charge in [0.1, 0.15) is 24.7 Å². The van der Waals surface area contributed by atoms with Crippen molar-refractivity contribution in [2.24, 2.45) is 0 Å². The van der Waals surface area contributed by atoms with Crippen molar-refractivity contribution in [1.82, 2.24) is 5.32 Å². The Morgan fingerprint density at radius 2 is 1.28 bits per heavy atom. The van der Waals surface area contributed by atoms with E-state index in [0.29, 0.717) is 19.6 Å². The summed E-state index contributed by atoms with van der Waals surface area (Å²) in [5.41, 5.74) is 3.27. The molecule has 0 aliphatic carbocycles. The minimum Gasteiger partial charge on any atom is -0.489 e. The first-order valence-corrected chi connectivity index (χ1v) is 9.83. The molecule has 0 saturated carbocycles. The minimum atomic E-state index is -0.0328.